The van der Waals surface area contributed by atoms with Crippen molar-refractivity contribution in [3.8, 4) is 0 Å². The molecule has 0 bridgehead atoms. The fourth-order valence-electron chi connectivity index (χ4n) is 2.54. The fraction of sp³-hybridized carbons (Fsp3) is 0.444. The number of aliphatic hydroxyl groups is 1. The molecule has 1 unspecified atom stereocenters. The van der Waals surface area contributed by atoms with E-state index < -0.39 is 15.6 Å². The van der Waals surface area contributed by atoms with E-state index in [-0.39, 0.29) is 35.4 Å². The van der Waals surface area contributed by atoms with Gasteiger partial charge in [-0.25, -0.2) is 18.5 Å². The number of hydrogen-bond donors (Lipinski definition) is 4. The Balaban J connectivity index is 0.00000420. The van der Waals surface area contributed by atoms with E-state index in [4.69, 9.17) is 5.14 Å². The first-order valence-electron chi connectivity index (χ1n) is 8.97. The molecule has 0 aliphatic carbocycles. The Morgan fingerprint density at radius 2 is 1.97 bits per heavy atom. The molecule has 0 amide bonds. The maximum Gasteiger partial charge on any atom is 0.238 e. The van der Waals surface area contributed by atoms with Crippen LogP contribution in [-0.2, 0) is 29.1 Å². The van der Waals surface area contributed by atoms with Crippen molar-refractivity contribution in [1.82, 2.24) is 20.4 Å². The third-order valence-electron chi connectivity index (χ3n) is 4.17. The van der Waals surface area contributed by atoms with E-state index in [1.54, 1.807) is 43.2 Å². The smallest absolute Gasteiger partial charge is 0.238 e. The lowest BCUT2D eigenvalue weighted by Crippen LogP contribution is -2.39. The Morgan fingerprint density at radius 1 is 1.31 bits per heavy atom. The molecule has 1 atom stereocenters. The average molecular weight is 536 g/mol. The molecule has 0 aliphatic heterocycles. The summed E-state index contributed by atoms with van der Waals surface area (Å²) in [6, 6.07) is 6.46. The van der Waals surface area contributed by atoms with Crippen LogP contribution in [0.1, 0.15) is 25.0 Å². The van der Waals surface area contributed by atoms with Crippen LogP contribution in [0.25, 0.3) is 0 Å². The van der Waals surface area contributed by atoms with Gasteiger partial charge in [-0.1, -0.05) is 12.1 Å². The number of halogens is 1. The quantitative estimate of drug-likeness (QED) is 0.223. The first kappa shape index (κ1) is 25.3. The topological polar surface area (TPSA) is 135 Å². The molecular formula is C18H29IN6O3S. The van der Waals surface area contributed by atoms with E-state index in [2.05, 4.69) is 20.7 Å². The third kappa shape index (κ3) is 7.91. The number of guanidine groups is 1. The number of primary sulfonamides is 1. The summed E-state index contributed by atoms with van der Waals surface area (Å²) >= 11 is 0. The number of aliphatic imine (C=N–C) groups is 1. The summed E-state index contributed by atoms with van der Waals surface area (Å²) in [6.07, 6.45) is 4.07. The van der Waals surface area contributed by atoms with Gasteiger partial charge in [-0.3, -0.25) is 4.68 Å². The van der Waals surface area contributed by atoms with E-state index in [1.807, 2.05) is 6.92 Å². The number of benzene rings is 1. The number of hydrogen-bond acceptors (Lipinski definition) is 5. The number of sulfonamides is 1. The molecule has 9 nitrogen and oxygen atoms in total. The Hall–Kier alpha value is -1.70. The van der Waals surface area contributed by atoms with Gasteiger partial charge in [0.25, 0.3) is 0 Å². The van der Waals surface area contributed by atoms with Gasteiger partial charge in [0.1, 0.15) is 5.60 Å². The van der Waals surface area contributed by atoms with Gasteiger partial charge in [0.15, 0.2) is 5.96 Å². The van der Waals surface area contributed by atoms with Crippen LogP contribution in [0, 0.1) is 0 Å². The van der Waals surface area contributed by atoms with Gasteiger partial charge in [-0.15, -0.1) is 24.0 Å². The summed E-state index contributed by atoms with van der Waals surface area (Å²) < 4.78 is 24.2. The maximum absolute atomic E-state index is 11.3. The van der Waals surface area contributed by atoms with Gasteiger partial charge in [0.2, 0.25) is 10.0 Å². The lowest BCUT2D eigenvalue weighted by molar-refractivity contribution is 0.0672. The highest BCUT2D eigenvalue weighted by molar-refractivity contribution is 14.0. The molecule has 162 valence electrons. The average Bonchev–Trinajstić information content (AvgIpc) is 3.07. The number of aryl methyl sites for hydroxylation is 1. The normalized spacial score (nSPS) is 14.0. The predicted octanol–water partition coefficient (Wildman–Crippen LogP) is 0.691. The molecule has 0 saturated heterocycles. The number of nitrogens with two attached hydrogens (primary N) is 1. The Labute approximate surface area is 188 Å². The lowest BCUT2D eigenvalue weighted by Gasteiger charge is -2.20. The van der Waals surface area contributed by atoms with Crippen LogP contribution in [0.5, 0.6) is 0 Å². The molecule has 1 aromatic heterocycles. The lowest BCUT2D eigenvalue weighted by atomic mass is 10.0. The highest BCUT2D eigenvalue weighted by Crippen LogP contribution is 2.19. The second-order valence-corrected chi connectivity index (χ2v) is 8.30. The van der Waals surface area contributed by atoms with E-state index in [0.717, 1.165) is 5.56 Å². The zero-order valence-electron chi connectivity index (χ0n) is 16.8. The van der Waals surface area contributed by atoms with Crippen molar-refractivity contribution >= 4 is 40.0 Å². The van der Waals surface area contributed by atoms with Crippen LogP contribution in [0.15, 0.2) is 46.5 Å². The highest BCUT2D eigenvalue weighted by Gasteiger charge is 2.24. The SMILES string of the molecule is CCNC(=NCC(C)(O)c1cnn(C)c1)NCCc1ccc(S(N)(=O)=O)cc1.I. The minimum atomic E-state index is -3.68. The van der Waals surface area contributed by atoms with Crippen molar-refractivity contribution in [2.24, 2.45) is 17.2 Å². The van der Waals surface area contributed by atoms with Crippen molar-refractivity contribution in [3.05, 3.63) is 47.8 Å². The minimum Gasteiger partial charge on any atom is -0.383 e. The summed E-state index contributed by atoms with van der Waals surface area (Å²) in [5, 5.41) is 26.2. The summed E-state index contributed by atoms with van der Waals surface area (Å²) in [5.41, 5.74) is 0.544. The van der Waals surface area contributed by atoms with E-state index in [1.165, 1.54) is 12.1 Å². The molecule has 1 heterocycles. The van der Waals surface area contributed by atoms with E-state index in [9.17, 15) is 13.5 Å². The van der Waals surface area contributed by atoms with Gasteiger partial charge in [-0.2, -0.15) is 5.10 Å². The number of nitrogens with one attached hydrogen (secondary N) is 2. The van der Waals surface area contributed by atoms with E-state index in [0.29, 0.717) is 31.0 Å². The van der Waals surface area contributed by atoms with Crippen molar-refractivity contribution in [3.63, 3.8) is 0 Å². The summed E-state index contributed by atoms with van der Waals surface area (Å²) in [7, 11) is -1.88. The van der Waals surface area contributed by atoms with Gasteiger partial charge in [-0.05, 0) is 38.0 Å². The summed E-state index contributed by atoms with van der Waals surface area (Å²) in [6.45, 7) is 5.11. The summed E-state index contributed by atoms with van der Waals surface area (Å²) in [4.78, 5) is 4.55. The second-order valence-electron chi connectivity index (χ2n) is 6.74. The molecule has 2 aromatic rings. The van der Waals surface area contributed by atoms with Crippen molar-refractivity contribution in [2.75, 3.05) is 19.6 Å². The standard InChI is InChI=1S/C18H28N6O3S.HI/c1-4-20-17(22-13-18(2,25)15-11-23-24(3)12-15)21-10-9-14-5-7-16(8-6-14)28(19,26)27;/h5-8,11-12,25H,4,9-10,13H2,1-3H3,(H2,19,26,27)(H2,20,21,22);1H. The minimum absolute atomic E-state index is 0. The zero-order valence-corrected chi connectivity index (χ0v) is 19.9. The van der Waals surface area contributed by atoms with Crippen molar-refractivity contribution in [2.45, 2.75) is 30.8 Å². The molecule has 1 aromatic carbocycles. The van der Waals surface area contributed by atoms with Crippen LogP contribution in [0.2, 0.25) is 0 Å². The molecule has 0 spiro atoms. The van der Waals surface area contributed by atoms with Crippen molar-refractivity contribution < 1.29 is 13.5 Å². The molecule has 5 N–H and O–H groups in total. The largest absolute Gasteiger partial charge is 0.383 e. The number of nitrogens with zero attached hydrogens (tertiary/aromatic N) is 3. The Kier molecular flexibility index (Phi) is 9.52. The molecule has 0 aliphatic rings. The Morgan fingerprint density at radius 3 is 2.48 bits per heavy atom. The maximum atomic E-state index is 11.3. The van der Waals surface area contributed by atoms with Gasteiger partial charge < -0.3 is 15.7 Å². The Bertz CT molecular complexity index is 910. The van der Waals surface area contributed by atoms with E-state index >= 15 is 0 Å². The second kappa shape index (κ2) is 10.9. The fourth-order valence-corrected chi connectivity index (χ4v) is 3.05. The first-order valence-corrected chi connectivity index (χ1v) is 10.5. The molecule has 29 heavy (non-hydrogen) atoms. The molecular weight excluding hydrogens is 507 g/mol. The molecule has 2 rings (SSSR count). The van der Waals surface area contributed by atoms with Gasteiger partial charge in [0.05, 0.1) is 17.6 Å². The number of aromatic nitrogens is 2. The van der Waals surface area contributed by atoms with Crippen molar-refractivity contribution in [1.29, 1.82) is 0 Å². The summed E-state index contributed by atoms with van der Waals surface area (Å²) in [5.74, 6) is 0.591. The molecule has 11 heteroatoms. The number of rotatable bonds is 8. The van der Waals surface area contributed by atoms with Crippen LogP contribution in [0.3, 0.4) is 0 Å². The van der Waals surface area contributed by atoms with Crippen LogP contribution in [-0.4, -0.2) is 48.9 Å². The first-order chi connectivity index (χ1) is 13.1. The zero-order chi connectivity index (χ0) is 20.8. The van der Waals surface area contributed by atoms with Crippen LogP contribution in [0.4, 0.5) is 0 Å². The molecule has 0 fully saturated rings. The molecule has 0 radical (unpaired) electrons. The molecule has 0 saturated carbocycles. The highest BCUT2D eigenvalue weighted by atomic mass is 127. The van der Waals surface area contributed by atoms with Gasteiger partial charge >= 0.3 is 0 Å². The van der Waals surface area contributed by atoms with Gasteiger partial charge in [0, 0.05) is 31.9 Å². The van der Waals surface area contributed by atoms with Crippen LogP contribution >= 0.6 is 24.0 Å². The van der Waals surface area contributed by atoms with Crippen LogP contribution < -0.4 is 15.8 Å². The third-order valence-corrected chi connectivity index (χ3v) is 5.10. The predicted molar refractivity (Wildman–Crippen MR) is 124 cm³/mol. The monoisotopic (exact) mass is 536 g/mol.